The van der Waals surface area contributed by atoms with Crippen LogP contribution in [0.2, 0.25) is 0 Å². The van der Waals surface area contributed by atoms with Gasteiger partial charge in [0.2, 0.25) is 11.8 Å². The SMILES string of the molecule is Cc1ccc(CN2C(=O)C3C(CN)C3C2=O)cc1. The van der Waals surface area contributed by atoms with Crippen LogP contribution in [0.25, 0.3) is 0 Å². The van der Waals surface area contributed by atoms with Gasteiger partial charge in [-0.2, -0.15) is 0 Å². The summed E-state index contributed by atoms with van der Waals surface area (Å²) >= 11 is 0. The summed E-state index contributed by atoms with van der Waals surface area (Å²) in [6, 6.07) is 7.90. The van der Waals surface area contributed by atoms with Gasteiger partial charge in [-0.3, -0.25) is 14.5 Å². The van der Waals surface area contributed by atoms with Gasteiger partial charge in [0.25, 0.3) is 0 Å². The largest absolute Gasteiger partial charge is 0.330 e. The number of piperidine rings is 1. The van der Waals surface area contributed by atoms with Crippen molar-refractivity contribution in [2.75, 3.05) is 6.54 Å². The van der Waals surface area contributed by atoms with Gasteiger partial charge >= 0.3 is 0 Å². The standard InChI is InChI=1S/C14H16N2O2/c1-8-2-4-9(5-3-8)7-16-13(17)11-10(6-15)12(11)14(16)18/h2-5,10-12H,6-7,15H2,1H3. The van der Waals surface area contributed by atoms with Gasteiger partial charge in [-0.05, 0) is 24.9 Å². The van der Waals surface area contributed by atoms with E-state index in [0.29, 0.717) is 13.1 Å². The monoisotopic (exact) mass is 244 g/mol. The Morgan fingerprint density at radius 3 is 2.17 bits per heavy atom. The molecular formula is C14H16N2O2. The number of nitrogens with two attached hydrogens (primary N) is 1. The lowest BCUT2D eigenvalue weighted by molar-refractivity contribution is -0.142. The zero-order valence-corrected chi connectivity index (χ0v) is 10.3. The second-order valence-corrected chi connectivity index (χ2v) is 5.20. The molecule has 4 heteroatoms. The first kappa shape index (κ1) is 11.4. The predicted molar refractivity (Wildman–Crippen MR) is 66.3 cm³/mol. The van der Waals surface area contributed by atoms with Crippen LogP contribution in [-0.2, 0) is 16.1 Å². The average Bonchev–Trinajstić information content (AvgIpc) is 3.05. The number of hydrogen-bond donors (Lipinski definition) is 1. The summed E-state index contributed by atoms with van der Waals surface area (Å²) in [6.45, 7) is 2.84. The first-order valence-corrected chi connectivity index (χ1v) is 6.24. The van der Waals surface area contributed by atoms with E-state index in [1.165, 1.54) is 10.5 Å². The van der Waals surface area contributed by atoms with E-state index in [2.05, 4.69) is 0 Å². The Bertz CT molecular complexity index is 487. The van der Waals surface area contributed by atoms with Gasteiger partial charge in [0.15, 0.2) is 0 Å². The number of carbonyl (C=O) groups is 2. The van der Waals surface area contributed by atoms with Crippen LogP contribution in [0.5, 0.6) is 0 Å². The Labute approximate surface area is 106 Å². The van der Waals surface area contributed by atoms with E-state index in [1.54, 1.807) is 0 Å². The van der Waals surface area contributed by atoms with E-state index in [9.17, 15) is 9.59 Å². The van der Waals surface area contributed by atoms with E-state index in [1.807, 2.05) is 31.2 Å². The highest BCUT2D eigenvalue weighted by Crippen LogP contribution is 2.52. The highest BCUT2D eigenvalue weighted by molar-refractivity contribution is 6.09. The normalized spacial score (nSPS) is 29.7. The molecule has 1 saturated carbocycles. The summed E-state index contributed by atoms with van der Waals surface area (Å²) in [7, 11) is 0. The third kappa shape index (κ3) is 1.56. The van der Waals surface area contributed by atoms with Crippen molar-refractivity contribution in [2.24, 2.45) is 23.5 Å². The summed E-state index contributed by atoms with van der Waals surface area (Å²) in [4.78, 5) is 25.5. The zero-order valence-electron chi connectivity index (χ0n) is 10.3. The summed E-state index contributed by atoms with van der Waals surface area (Å²) in [5.41, 5.74) is 7.70. The molecule has 0 bridgehead atoms. The van der Waals surface area contributed by atoms with Crippen molar-refractivity contribution in [2.45, 2.75) is 13.5 Å². The first-order valence-electron chi connectivity index (χ1n) is 6.24. The lowest BCUT2D eigenvalue weighted by atomic mass is 10.1. The Morgan fingerprint density at radius 1 is 1.11 bits per heavy atom. The summed E-state index contributed by atoms with van der Waals surface area (Å²) < 4.78 is 0. The van der Waals surface area contributed by atoms with Crippen LogP contribution in [-0.4, -0.2) is 23.3 Å². The van der Waals surface area contributed by atoms with Crippen molar-refractivity contribution in [1.82, 2.24) is 4.90 Å². The second kappa shape index (κ2) is 3.92. The van der Waals surface area contributed by atoms with Crippen molar-refractivity contribution in [3.63, 3.8) is 0 Å². The molecule has 1 aromatic rings. The van der Waals surface area contributed by atoms with Gasteiger partial charge in [0.1, 0.15) is 0 Å². The smallest absolute Gasteiger partial charge is 0.233 e. The lowest BCUT2D eigenvalue weighted by Gasteiger charge is -2.18. The maximum absolute atomic E-state index is 12.0. The van der Waals surface area contributed by atoms with Crippen molar-refractivity contribution < 1.29 is 9.59 Å². The van der Waals surface area contributed by atoms with Gasteiger partial charge in [-0.1, -0.05) is 29.8 Å². The molecule has 2 atom stereocenters. The van der Waals surface area contributed by atoms with Crippen LogP contribution < -0.4 is 5.73 Å². The third-order valence-corrected chi connectivity index (χ3v) is 4.00. The molecule has 18 heavy (non-hydrogen) atoms. The summed E-state index contributed by atoms with van der Waals surface area (Å²) in [5.74, 6) is -0.248. The molecule has 0 radical (unpaired) electrons. The van der Waals surface area contributed by atoms with Crippen molar-refractivity contribution in [3.05, 3.63) is 35.4 Å². The second-order valence-electron chi connectivity index (χ2n) is 5.20. The fourth-order valence-corrected chi connectivity index (χ4v) is 2.84. The molecule has 3 rings (SSSR count). The van der Waals surface area contributed by atoms with Crippen molar-refractivity contribution >= 4 is 11.8 Å². The van der Waals surface area contributed by atoms with Crippen LogP contribution in [0.3, 0.4) is 0 Å². The number of likely N-dealkylation sites (tertiary alicyclic amines) is 1. The van der Waals surface area contributed by atoms with Crippen LogP contribution >= 0.6 is 0 Å². The molecule has 0 aromatic heterocycles. The quantitative estimate of drug-likeness (QED) is 0.795. The number of aryl methyl sites for hydroxylation is 1. The molecule has 4 nitrogen and oxygen atoms in total. The minimum atomic E-state index is -0.132. The number of amides is 2. The van der Waals surface area contributed by atoms with E-state index in [4.69, 9.17) is 5.73 Å². The van der Waals surface area contributed by atoms with Gasteiger partial charge in [-0.15, -0.1) is 0 Å². The Kier molecular flexibility index (Phi) is 2.48. The lowest BCUT2D eigenvalue weighted by Crippen LogP contribution is -2.35. The van der Waals surface area contributed by atoms with Gasteiger partial charge in [0, 0.05) is 0 Å². The Balaban J connectivity index is 1.74. The Hall–Kier alpha value is -1.68. The molecular weight excluding hydrogens is 228 g/mol. The van der Waals surface area contributed by atoms with Gasteiger partial charge < -0.3 is 5.73 Å². The number of fused-ring (bicyclic) bond motifs is 1. The molecule has 1 saturated heterocycles. The molecule has 94 valence electrons. The summed E-state index contributed by atoms with van der Waals surface area (Å²) in [6.07, 6.45) is 0. The topological polar surface area (TPSA) is 63.4 Å². The number of rotatable bonds is 3. The van der Waals surface area contributed by atoms with E-state index >= 15 is 0 Å². The number of benzene rings is 1. The molecule has 1 heterocycles. The maximum atomic E-state index is 12.0. The summed E-state index contributed by atoms with van der Waals surface area (Å²) in [5, 5.41) is 0. The minimum absolute atomic E-state index is 0.0407. The van der Waals surface area contributed by atoms with Crippen molar-refractivity contribution in [3.8, 4) is 0 Å². The van der Waals surface area contributed by atoms with Crippen LogP contribution in [0.1, 0.15) is 11.1 Å². The third-order valence-electron chi connectivity index (χ3n) is 4.00. The number of imide groups is 1. The predicted octanol–water partition coefficient (Wildman–Crippen LogP) is 0.685. The zero-order chi connectivity index (χ0) is 12.9. The molecule has 2 amide bonds. The Morgan fingerprint density at radius 2 is 1.67 bits per heavy atom. The first-order chi connectivity index (χ1) is 8.63. The molecule has 0 spiro atoms. The minimum Gasteiger partial charge on any atom is -0.330 e. The van der Waals surface area contributed by atoms with E-state index in [-0.39, 0.29) is 29.6 Å². The molecule has 2 fully saturated rings. The van der Waals surface area contributed by atoms with Crippen LogP contribution in [0.4, 0.5) is 0 Å². The molecule has 2 unspecified atom stereocenters. The highest BCUT2D eigenvalue weighted by Gasteiger charge is 2.66. The molecule has 1 aromatic carbocycles. The number of carbonyl (C=O) groups excluding carboxylic acids is 2. The fourth-order valence-electron chi connectivity index (χ4n) is 2.84. The fraction of sp³-hybridized carbons (Fsp3) is 0.429. The van der Waals surface area contributed by atoms with Gasteiger partial charge in [0.05, 0.1) is 18.4 Å². The molecule has 2 aliphatic rings. The number of hydrogen-bond acceptors (Lipinski definition) is 3. The molecule has 1 aliphatic carbocycles. The highest BCUT2D eigenvalue weighted by atomic mass is 16.2. The number of nitrogens with zero attached hydrogens (tertiary/aromatic N) is 1. The van der Waals surface area contributed by atoms with Crippen LogP contribution in [0.15, 0.2) is 24.3 Å². The molecule has 1 aliphatic heterocycles. The van der Waals surface area contributed by atoms with Gasteiger partial charge in [-0.25, -0.2) is 0 Å². The van der Waals surface area contributed by atoms with Crippen LogP contribution in [0, 0.1) is 24.7 Å². The average molecular weight is 244 g/mol. The van der Waals surface area contributed by atoms with Crippen molar-refractivity contribution in [1.29, 1.82) is 0 Å². The van der Waals surface area contributed by atoms with E-state index < -0.39 is 0 Å². The molecule has 2 N–H and O–H groups in total. The van der Waals surface area contributed by atoms with E-state index in [0.717, 1.165) is 5.56 Å². The maximum Gasteiger partial charge on any atom is 0.233 e.